The summed E-state index contributed by atoms with van der Waals surface area (Å²) in [6.45, 7) is 7.45. The minimum atomic E-state index is -0.181. The van der Waals surface area contributed by atoms with E-state index in [0.29, 0.717) is 0 Å². The Balaban J connectivity index is 1.84. The summed E-state index contributed by atoms with van der Waals surface area (Å²) in [6.07, 6.45) is 4.43. The van der Waals surface area contributed by atoms with Gasteiger partial charge in [-0.25, -0.2) is 4.79 Å². The molecular formula is C12H21N3O2. The molecular weight excluding hydrogens is 218 g/mol. The van der Waals surface area contributed by atoms with Gasteiger partial charge in [-0.05, 0) is 20.8 Å². The minimum Gasteiger partial charge on any atom is -0.389 e. The molecule has 0 bridgehead atoms. The molecule has 1 fully saturated rings. The van der Waals surface area contributed by atoms with Crippen LogP contribution < -0.4 is 5.32 Å². The zero-order valence-electron chi connectivity index (χ0n) is 10.8. The van der Waals surface area contributed by atoms with Crippen molar-refractivity contribution in [1.82, 2.24) is 10.2 Å². The molecule has 0 atom stereocenters. The van der Waals surface area contributed by atoms with Gasteiger partial charge in [-0.3, -0.25) is 0 Å². The zero-order valence-corrected chi connectivity index (χ0v) is 10.8. The SMILES string of the molecule is CC(C)(C)NC(=O)N1CCC2(CC=NO2)CC1. The summed E-state index contributed by atoms with van der Waals surface area (Å²) in [5.41, 5.74) is -0.308. The molecule has 5 nitrogen and oxygen atoms in total. The van der Waals surface area contributed by atoms with Gasteiger partial charge in [0.2, 0.25) is 0 Å². The van der Waals surface area contributed by atoms with E-state index in [1.807, 2.05) is 31.9 Å². The van der Waals surface area contributed by atoms with Gasteiger partial charge in [-0.1, -0.05) is 5.16 Å². The molecule has 0 aromatic rings. The van der Waals surface area contributed by atoms with Gasteiger partial charge in [-0.2, -0.15) is 0 Å². The van der Waals surface area contributed by atoms with Crippen molar-refractivity contribution in [2.24, 2.45) is 5.16 Å². The highest BCUT2D eigenvalue weighted by molar-refractivity contribution is 5.75. The molecule has 2 aliphatic heterocycles. The second kappa shape index (κ2) is 4.20. The topological polar surface area (TPSA) is 53.9 Å². The number of hydrogen-bond acceptors (Lipinski definition) is 3. The molecule has 2 amide bonds. The Bertz CT molecular complexity index is 315. The summed E-state index contributed by atoms with van der Waals surface area (Å²) >= 11 is 0. The fraction of sp³-hybridized carbons (Fsp3) is 0.833. The van der Waals surface area contributed by atoms with Crippen LogP contribution in [0.1, 0.15) is 40.0 Å². The smallest absolute Gasteiger partial charge is 0.317 e. The molecule has 5 heteroatoms. The molecule has 0 aromatic carbocycles. The van der Waals surface area contributed by atoms with Gasteiger partial charge in [0, 0.05) is 44.1 Å². The third-order valence-electron chi connectivity index (χ3n) is 3.23. The van der Waals surface area contributed by atoms with E-state index >= 15 is 0 Å². The second-order valence-corrected chi connectivity index (χ2v) is 5.93. The Hall–Kier alpha value is -1.26. The molecule has 0 aromatic heterocycles. The number of carbonyl (C=O) groups excluding carboxylic acids is 1. The van der Waals surface area contributed by atoms with Crippen LogP contribution in [0.3, 0.4) is 0 Å². The Morgan fingerprint density at radius 1 is 1.41 bits per heavy atom. The second-order valence-electron chi connectivity index (χ2n) is 5.93. The van der Waals surface area contributed by atoms with Crippen molar-refractivity contribution in [1.29, 1.82) is 0 Å². The number of hydrogen-bond donors (Lipinski definition) is 1. The number of piperidine rings is 1. The van der Waals surface area contributed by atoms with E-state index in [9.17, 15) is 4.79 Å². The highest BCUT2D eigenvalue weighted by Crippen LogP contribution is 2.32. The summed E-state index contributed by atoms with van der Waals surface area (Å²) in [6, 6.07) is 0.0197. The lowest BCUT2D eigenvalue weighted by Gasteiger charge is -2.38. The van der Waals surface area contributed by atoms with Crippen LogP contribution in [0, 0.1) is 0 Å². The van der Waals surface area contributed by atoms with E-state index in [1.165, 1.54) is 0 Å². The number of nitrogens with one attached hydrogen (secondary N) is 1. The first-order valence-electron chi connectivity index (χ1n) is 6.17. The highest BCUT2D eigenvalue weighted by atomic mass is 16.7. The number of nitrogens with zero attached hydrogens (tertiary/aromatic N) is 2. The van der Waals surface area contributed by atoms with Crippen LogP contribution in [-0.2, 0) is 4.84 Å². The molecule has 0 radical (unpaired) electrons. The average Bonchev–Trinajstić information content (AvgIpc) is 2.65. The summed E-state index contributed by atoms with van der Waals surface area (Å²) in [4.78, 5) is 19.2. The van der Waals surface area contributed by atoms with E-state index in [4.69, 9.17) is 4.84 Å². The van der Waals surface area contributed by atoms with Crippen LogP contribution in [0.4, 0.5) is 4.79 Å². The van der Waals surface area contributed by atoms with Gasteiger partial charge in [0.1, 0.15) is 5.60 Å². The number of amides is 2. The lowest BCUT2D eigenvalue weighted by atomic mass is 9.89. The monoisotopic (exact) mass is 239 g/mol. The van der Waals surface area contributed by atoms with Gasteiger partial charge in [0.15, 0.2) is 0 Å². The largest absolute Gasteiger partial charge is 0.389 e. The lowest BCUT2D eigenvalue weighted by molar-refractivity contribution is -0.0552. The van der Waals surface area contributed by atoms with E-state index in [1.54, 1.807) is 0 Å². The molecule has 0 saturated carbocycles. The number of urea groups is 1. The predicted molar refractivity (Wildman–Crippen MR) is 66.0 cm³/mol. The van der Waals surface area contributed by atoms with Gasteiger partial charge in [0.05, 0.1) is 0 Å². The summed E-state index contributed by atoms with van der Waals surface area (Å²) in [7, 11) is 0. The molecule has 2 rings (SSSR count). The van der Waals surface area contributed by atoms with Crippen molar-refractivity contribution in [3.8, 4) is 0 Å². The molecule has 17 heavy (non-hydrogen) atoms. The van der Waals surface area contributed by atoms with Gasteiger partial charge in [0.25, 0.3) is 0 Å². The van der Waals surface area contributed by atoms with Crippen LogP contribution >= 0.6 is 0 Å². The maximum absolute atomic E-state index is 12.0. The highest BCUT2D eigenvalue weighted by Gasteiger charge is 2.40. The number of oxime groups is 1. The quantitative estimate of drug-likeness (QED) is 0.700. The van der Waals surface area contributed by atoms with Gasteiger partial charge in [-0.15, -0.1) is 0 Å². The van der Waals surface area contributed by atoms with Gasteiger partial charge >= 0.3 is 6.03 Å². The van der Waals surface area contributed by atoms with Crippen LogP contribution in [0.15, 0.2) is 5.16 Å². The van der Waals surface area contributed by atoms with Crippen LogP contribution in [0.25, 0.3) is 0 Å². The number of likely N-dealkylation sites (tertiary alicyclic amines) is 1. The average molecular weight is 239 g/mol. The van der Waals surface area contributed by atoms with Crippen molar-refractivity contribution in [2.45, 2.75) is 51.2 Å². The van der Waals surface area contributed by atoms with Crippen LogP contribution in [0.2, 0.25) is 0 Å². The van der Waals surface area contributed by atoms with E-state index < -0.39 is 0 Å². The fourth-order valence-electron chi connectivity index (χ4n) is 2.20. The third kappa shape index (κ3) is 2.90. The molecule has 2 heterocycles. The summed E-state index contributed by atoms with van der Waals surface area (Å²) in [5, 5.41) is 6.83. The van der Waals surface area contributed by atoms with Crippen molar-refractivity contribution < 1.29 is 9.63 Å². The van der Waals surface area contributed by atoms with E-state index in [2.05, 4.69) is 10.5 Å². The molecule has 2 aliphatic rings. The lowest BCUT2D eigenvalue weighted by Crippen LogP contribution is -2.53. The predicted octanol–water partition coefficient (Wildman–Crippen LogP) is 1.74. The van der Waals surface area contributed by atoms with Crippen molar-refractivity contribution in [3.05, 3.63) is 0 Å². The summed E-state index contributed by atoms with van der Waals surface area (Å²) in [5.74, 6) is 0. The Labute approximate surface area is 102 Å². The molecule has 1 spiro atoms. The van der Waals surface area contributed by atoms with Crippen molar-refractivity contribution >= 4 is 12.2 Å². The fourth-order valence-corrected chi connectivity index (χ4v) is 2.20. The number of carbonyl (C=O) groups is 1. The van der Waals surface area contributed by atoms with Gasteiger partial charge < -0.3 is 15.1 Å². The Kier molecular flexibility index (Phi) is 3.02. The van der Waals surface area contributed by atoms with Crippen molar-refractivity contribution in [3.63, 3.8) is 0 Å². The van der Waals surface area contributed by atoms with E-state index in [0.717, 1.165) is 32.4 Å². The van der Waals surface area contributed by atoms with E-state index in [-0.39, 0.29) is 17.2 Å². The maximum Gasteiger partial charge on any atom is 0.317 e. The maximum atomic E-state index is 12.0. The van der Waals surface area contributed by atoms with Crippen LogP contribution in [0.5, 0.6) is 0 Å². The minimum absolute atomic E-state index is 0.0197. The third-order valence-corrected chi connectivity index (χ3v) is 3.23. The standard InChI is InChI=1S/C12H21N3O2/c1-11(2,3)14-10(16)15-8-5-12(6-9-15)4-7-13-17-12/h7H,4-6,8-9H2,1-3H3,(H,14,16). The first kappa shape index (κ1) is 12.2. The zero-order chi connectivity index (χ0) is 12.5. The first-order valence-corrected chi connectivity index (χ1v) is 6.17. The molecule has 96 valence electrons. The summed E-state index contributed by atoms with van der Waals surface area (Å²) < 4.78 is 0. The first-order chi connectivity index (χ1) is 7.90. The van der Waals surface area contributed by atoms with Crippen LogP contribution in [-0.4, -0.2) is 41.4 Å². The molecule has 1 saturated heterocycles. The molecule has 1 N–H and O–H groups in total. The normalized spacial score (nSPS) is 22.6. The Morgan fingerprint density at radius 3 is 2.53 bits per heavy atom. The number of rotatable bonds is 0. The van der Waals surface area contributed by atoms with Crippen molar-refractivity contribution in [2.75, 3.05) is 13.1 Å². The Morgan fingerprint density at radius 2 is 2.06 bits per heavy atom. The molecule has 0 aliphatic carbocycles. The molecule has 0 unspecified atom stereocenters.